The summed E-state index contributed by atoms with van der Waals surface area (Å²) >= 11 is 0. The number of hydrogen-bond donors (Lipinski definition) is 5. The van der Waals surface area contributed by atoms with Crippen LogP contribution in [0.4, 0.5) is 0 Å². The van der Waals surface area contributed by atoms with Gasteiger partial charge in [0.2, 0.25) is 24.5 Å². The van der Waals surface area contributed by atoms with Gasteiger partial charge in [-0.15, -0.1) is 0 Å². The Morgan fingerprint density at radius 3 is 2.34 bits per heavy atom. The molecule has 12 nitrogen and oxygen atoms in total. The number of benzene rings is 2. The Bertz CT molecular complexity index is 1570. The SMILES string of the molecule is CCOC(=O)c1ccc(C(CC(=O)N[C@H](C(=O)c2c(O)[nH]c(O)c2C)C(C)C)NC(=O)C=Cc2ccc3c(c2)OCO3)cc1. The summed E-state index contributed by atoms with van der Waals surface area (Å²) in [5.41, 5.74) is 1.59. The molecule has 2 aromatic carbocycles. The normalized spacial score (nSPS) is 13.5. The van der Waals surface area contributed by atoms with Crippen LogP contribution in [0.3, 0.4) is 0 Å². The number of Topliss-reactive ketones (excluding diaryl/α,β-unsaturated/α-hetero) is 1. The first kappa shape index (κ1) is 31.7. The van der Waals surface area contributed by atoms with E-state index in [0.717, 1.165) is 0 Å². The van der Waals surface area contributed by atoms with Crippen LogP contribution in [0, 0.1) is 12.8 Å². The molecule has 232 valence electrons. The number of ether oxygens (including phenoxy) is 3. The minimum Gasteiger partial charge on any atom is -0.494 e. The van der Waals surface area contributed by atoms with E-state index in [1.165, 1.54) is 25.1 Å². The quantitative estimate of drug-likeness (QED) is 0.116. The Morgan fingerprint density at radius 2 is 1.70 bits per heavy atom. The number of carbonyl (C=O) groups is 4. The van der Waals surface area contributed by atoms with Crippen LogP contribution in [0.15, 0.2) is 48.5 Å². The van der Waals surface area contributed by atoms with E-state index in [-0.39, 0.29) is 42.7 Å². The lowest BCUT2D eigenvalue weighted by Crippen LogP contribution is -2.45. The maximum Gasteiger partial charge on any atom is 0.338 e. The van der Waals surface area contributed by atoms with Crippen molar-refractivity contribution < 1.29 is 43.6 Å². The molecule has 44 heavy (non-hydrogen) atoms. The zero-order valence-electron chi connectivity index (χ0n) is 24.8. The van der Waals surface area contributed by atoms with Crippen LogP contribution in [0.25, 0.3) is 6.08 Å². The highest BCUT2D eigenvalue weighted by atomic mass is 16.7. The summed E-state index contributed by atoms with van der Waals surface area (Å²) in [7, 11) is 0. The molecule has 0 bridgehead atoms. The van der Waals surface area contributed by atoms with Gasteiger partial charge >= 0.3 is 5.97 Å². The average Bonchev–Trinajstić information content (AvgIpc) is 3.56. The maximum atomic E-state index is 13.3. The number of rotatable bonds is 12. The van der Waals surface area contributed by atoms with Crippen LogP contribution in [-0.2, 0) is 14.3 Å². The van der Waals surface area contributed by atoms with Crippen LogP contribution in [-0.4, -0.2) is 58.2 Å². The number of aromatic nitrogens is 1. The van der Waals surface area contributed by atoms with E-state index in [1.54, 1.807) is 57.2 Å². The molecule has 0 radical (unpaired) electrons. The van der Waals surface area contributed by atoms with Crippen LogP contribution in [0.5, 0.6) is 23.3 Å². The summed E-state index contributed by atoms with van der Waals surface area (Å²) in [5, 5.41) is 25.6. The van der Waals surface area contributed by atoms with Crippen molar-refractivity contribution in [2.45, 2.75) is 46.2 Å². The summed E-state index contributed by atoms with van der Waals surface area (Å²) in [4.78, 5) is 54.1. The van der Waals surface area contributed by atoms with Gasteiger partial charge in [0.25, 0.3) is 0 Å². The molecule has 3 aromatic rings. The summed E-state index contributed by atoms with van der Waals surface area (Å²) in [6.45, 7) is 6.97. The molecule has 1 aliphatic rings. The number of amides is 2. The molecule has 1 unspecified atom stereocenters. The van der Waals surface area contributed by atoms with Gasteiger partial charge in [-0.2, -0.15) is 0 Å². The van der Waals surface area contributed by atoms with E-state index in [0.29, 0.717) is 28.2 Å². The molecule has 0 saturated heterocycles. The Kier molecular flexibility index (Phi) is 9.94. The molecule has 0 saturated carbocycles. The molecule has 1 aliphatic heterocycles. The predicted molar refractivity (Wildman–Crippen MR) is 159 cm³/mol. The third kappa shape index (κ3) is 7.38. The Balaban J connectivity index is 1.53. The second-order valence-corrected chi connectivity index (χ2v) is 10.5. The molecule has 0 fully saturated rings. The molecule has 2 heterocycles. The number of carbonyl (C=O) groups excluding carboxylic acids is 4. The van der Waals surface area contributed by atoms with E-state index < -0.39 is 41.5 Å². The molecule has 5 N–H and O–H groups in total. The predicted octanol–water partition coefficient (Wildman–Crippen LogP) is 3.92. The molecular formula is C32H35N3O9. The summed E-state index contributed by atoms with van der Waals surface area (Å²) < 4.78 is 15.7. The molecule has 1 aromatic heterocycles. The maximum absolute atomic E-state index is 13.3. The fourth-order valence-corrected chi connectivity index (χ4v) is 4.70. The van der Waals surface area contributed by atoms with Crippen molar-refractivity contribution in [1.82, 2.24) is 15.6 Å². The molecule has 2 atom stereocenters. The number of nitrogens with one attached hydrogen (secondary N) is 3. The lowest BCUT2D eigenvalue weighted by atomic mass is 9.93. The van der Waals surface area contributed by atoms with Gasteiger partial charge in [0, 0.05) is 11.6 Å². The van der Waals surface area contributed by atoms with Crippen LogP contribution >= 0.6 is 0 Å². The van der Waals surface area contributed by atoms with E-state index in [1.807, 2.05) is 0 Å². The topological polar surface area (TPSA) is 176 Å². The number of hydrogen-bond acceptors (Lipinski definition) is 9. The smallest absolute Gasteiger partial charge is 0.338 e. The van der Waals surface area contributed by atoms with E-state index >= 15 is 0 Å². The number of H-pyrrole nitrogens is 1. The van der Waals surface area contributed by atoms with Crippen molar-refractivity contribution in [3.8, 4) is 23.3 Å². The van der Waals surface area contributed by atoms with Crippen LogP contribution in [0.2, 0.25) is 0 Å². The van der Waals surface area contributed by atoms with Gasteiger partial charge in [-0.05, 0) is 61.2 Å². The van der Waals surface area contributed by atoms with Gasteiger partial charge in [0.15, 0.2) is 23.2 Å². The largest absolute Gasteiger partial charge is 0.494 e. The van der Waals surface area contributed by atoms with E-state index in [4.69, 9.17) is 14.2 Å². The Labute approximate surface area is 254 Å². The second-order valence-electron chi connectivity index (χ2n) is 10.5. The highest BCUT2D eigenvalue weighted by molar-refractivity contribution is 6.05. The molecule has 0 spiro atoms. The molecular weight excluding hydrogens is 570 g/mol. The van der Waals surface area contributed by atoms with Crippen molar-refractivity contribution in [1.29, 1.82) is 0 Å². The van der Waals surface area contributed by atoms with Gasteiger partial charge < -0.3 is 35.1 Å². The van der Waals surface area contributed by atoms with Crippen molar-refractivity contribution in [3.63, 3.8) is 0 Å². The molecule has 4 rings (SSSR count). The fraction of sp³-hybridized carbons (Fsp3) is 0.312. The lowest BCUT2D eigenvalue weighted by molar-refractivity contribution is -0.123. The monoisotopic (exact) mass is 605 g/mol. The number of aromatic hydroxyl groups is 2. The van der Waals surface area contributed by atoms with Gasteiger partial charge in [-0.3, -0.25) is 19.4 Å². The molecule has 0 aliphatic carbocycles. The zero-order chi connectivity index (χ0) is 32.0. The summed E-state index contributed by atoms with van der Waals surface area (Å²) in [5.74, 6) is -2.15. The minimum absolute atomic E-state index is 0.116. The standard InChI is InChI=1S/C32H35N3O9/c1-5-42-32(41)21-10-8-20(9-11-21)22(33-25(36)13-7-19-6-12-23-24(14-19)44-16-43-23)15-26(37)34-28(17(2)3)29(38)27-18(4)30(39)35-31(27)40/h6-14,17,22,28,35,39-40H,5,15-16H2,1-4H3,(H,33,36)(H,34,37)/t22?,28-/m0/s1. The highest BCUT2D eigenvalue weighted by Gasteiger charge is 2.31. The van der Waals surface area contributed by atoms with Crippen molar-refractivity contribution in [2.75, 3.05) is 13.4 Å². The number of aromatic amines is 1. The highest BCUT2D eigenvalue weighted by Crippen LogP contribution is 2.33. The molecule has 12 heteroatoms. The van der Waals surface area contributed by atoms with Crippen molar-refractivity contribution in [2.24, 2.45) is 5.92 Å². The molecule has 2 amide bonds. The first-order chi connectivity index (χ1) is 21.0. The lowest BCUT2D eigenvalue weighted by Gasteiger charge is -2.24. The minimum atomic E-state index is -1.03. The second kappa shape index (κ2) is 13.8. The summed E-state index contributed by atoms with van der Waals surface area (Å²) in [6, 6.07) is 9.67. The van der Waals surface area contributed by atoms with Crippen molar-refractivity contribution >= 4 is 29.6 Å². The Morgan fingerprint density at radius 1 is 1.00 bits per heavy atom. The number of ketones is 1. The van der Waals surface area contributed by atoms with Gasteiger partial charge in [-0.1, -0.05) is 32.0 Å². The third-order valence-electron chi connectivity index (χ3n) is 7.07. The van der Waals surface area contributed by atoms with E-state index in [9.17, 15) is 29.4 Å². The Hall–Kier alpha value is -5.26. The third-order valence-corrected chi connectivity index (χ3v) is 7.07. The zero-order valence-corrected chi connectivity index (χ0v) is 24.8. The first-order valence-electron chi connectivity index (χ1n) is 14.1. The number of fused-ring (bicyclic) bond motifs is 1. The summed E-state index contributed by atoms with van der Waals surface area (Å²) in [6.07, 6.45) is 2.66. The van der Waals surface area contributed by atoms with Gasteiger partial charge in [-0.25, -0.2) is 4.79 Å². The first-order valence-corrected chi connectivity index (χ1v) is 14.1. The van der Waals surface area contributed by atoms with E-state index in [2.05, 4.69) is 15.6 Å². The number of esters is 1. The van der Waals surface area contributed by atoms with Crippen LogP contribution in [0.1, 0.15) is 70.6 Å². The van der Waals surface area contributed by atoms with Crippen LogP contribution < -0.4 is 20.1 Å². The van der Waals surface area contributed by atoms with Gasteiger partial charge in [0.1, 0.15) is 0 Å². The van der Waals surface area contributed by atoms with Crippen molar-refractivity contribution in [3.05, 3.63) is 76.4 Å². The van der Waals surface area contributed by atoms with Gasteiger partial charge in [0.05, 0.1) is 36.2 Å². The fourth-order valence-electron chi connectivity index (χ4n) is 4.70. The average molecular weight is 606 g/mol.